The molecule has 1 amide bonds. The van der Waals surface area contributed by atoms with E-state index in [1.54, 1.807) is 48.5 Å². The standard InChI is InChI=1S/C23H23NO7/c1-2-3-12-28-23(27)17-6-8-18(9-7-17)24-21(25)14-29-22(26)11-5-16-4-10-19-20(13-16)31-15-30-19/h4-11,13H,2-3,12,14-15H2,1H3,(H,24,25)/b11-5+. The lowest BCUT2D eigenvalue weighted by atomic mass is 10.2. The van der Waals surface area contributed by atoms with E-state index in [1.807, 2.05) is 6.92 Å². The Morgan fingerprint density at radius 1 is 1.03 bits per heavy atom. The highest BCUT2D eigenvalue weighted by Crippen LogP contribution is 2.32. The lowest BCUT2D eigenvalue weighted by molar-refractivity contribution is -0.142. The van der Waals surface area contributed by atoms with Crippen LogP contribution in [-0.2, 0) is 19.1 Å². The Hall–Kier alpha value is -3.81. The number of rotatable bonds is 9. The van der Waals surface area contributed by atoms with Crippen LogP contribution >= 0.6 is 0 Å². The first-order chi connectivity index (χ1) is 15.0. The van der Waals surface area contributed by atoms with Gasteiger partial charge >= 0.3 is 11.9 Å². The number of esters is 2. The van der Waals surface area contributed by atoms with Gasteiger partial charge in [-0.15, -0.1) is 0 Å². The van der Waals surface area contributed by atoms with Gasteiger partial charge in [0.05, 0.1) is 12.2 Å². The molecule has 0 atom stereocenters. The van der Waals surface area contributed by atoms with Gasteiger partial charge in [-0.25, -0.2) is 9.59 Å². The summed E-state index contributed by atoms with van der Waals surface area (Å²) in [6.07, 6.45) is 4.53. The van der Waals surface area contributed by atoms with Crippen molar-refractivity contribution in [3.05, 3.63) is 59.7 Å². The summed E-state index contributed by atoms with van der Waals surface area (Å²) in [5.41, 5.74) is 1.61. The molecule has 0 aliphatic carbocycles. The first-order valence-electron chi connectivity index (χ1n) is 9.86. The Balaban J connectivity index is 1.42. The molecule has 1 N–H and O–H groups in total. The van der Waals surface area contributed by atoms with Crippen LogP contribution in [0.4, 0.5) is 5.69 Å². The van der Waals surface area contributed by atoms with Gasteiger partial charge < -0.3 is 24.3 Å². The SMILES string of the molecule is CCCCOC(=O)c1ccc(NC(=O)COC(=O)/C=C/c2ccc3c(c2)OCO3)cc1. The highest BCUT2D eigenvalue weighted by molar-refractivity contribution is 5.95. The number of carbonyl (C=O) groups is 3. The van der Waals surface area contributed by atoms with Crippen molar-refractivity contribution in [3.8, 4) is 11.5 Å². The molecule has 0 spiro atoms. The molecule has 3 rings (SSSR count). The Morgan fingerprint density at radius 2 is 1.81 bits per heavy atom. The van der Waals surface area contributed by atoms with Crippen molar-refractivity contribution in [2.75, 3.05) is 25.3 Å². The van der Waals surface area contributed by atoms with Crippen LogP contribution in [0.1, 0.15) is 35.7 Å². The molecule has 2 aromatic carbocycles. The van der Waals surface area contributed by atoms with Crippen molar-refractivity contribution >= 4 is 29.6 Å². The monoisotopic (exact) mass is 425 g/mol. The van der Waals surface area contributed by atoms with Gasteiger partial charge in [-0.05, 0) is 54.5 Å². The molecule has 0 saturated carbocycles. The normalized spacial score (nSPS) is 11.9. The third-order valence-electron chi connectivity index (χ3n) is 4.29. The molecule has 1 aliphatic rings. The summed E-state index contributed by atoms with van der Waals surface area (Å²) in [5.74, 6) is -0.302. The van der Waals surface area contributed by atoms with E-state index < -0.39 is 24.5 Å². The summed E-state index contributed by atoms with van der Waals surface area (Å²) >= 11 is 0. The Labute approximate surface area is 179 Å². The van der Waals surface area contributed by atoms with E-state index in [-0.39, 0.29) is 6.79 Å². The number of fused-ring (bicyclic) bond motifs is 1. The topological polar surface area (TPSA) is 100 Å². The van der Waals surface area contributed by atoms with Crippen LogP contribution in [-0.4, -0.2) is 37.9 Å². The molecule has 1 heterocycles. The number of hydrogen-bond acceptors (Lipinski definition) is 7. The van der Waals surface area contributed by atoms with E-state index >= 15 is 0 Å². The first kappa shape index (κ1) is 21.9. The number of benzene rings is 2. The summed E-state index contributed by atoms with van der Waals surface area (Å²) in [7, 11) is 0. The average Bonchev–Trinajstić information content (AvgIpc) is 3.25. The molecular weight excluding hydrogens is 402 g/mol. The Kier molecular flexibility index (Phi) is 7.64. The molecule has 31 heavy (non-hydrogen) atoms. The minimum absolute atomic E-state index is 0.172. The van der Waals surface area contributed by atoms with Crippen LogP contribution in [0.5, 0.6) is 11.5 Å². The van der Waals surface area contributed by atoms with Crippen molar-refractivity contribution in [3.63, 3.8) is 0 Å². The largest absolute Gasteiger partial charge is 0.462 e. The smallest absolute Gasteiger partial charge is 0.338 e. The molecule has 162 valence electrons. The fourth-order valence-corrected chi connectivity index (χ4v) is 2.65. The van der Waals surface area contributed by atoms with Crippen LogP contribution < -0.4 is 14.8 Å². The van der Waals surface area contributed by atoms with Gasteiger partial charge in [-0.3, -0.25) is 4.79 Å². The number of hydrogen-bond donors (Lipinski definition) is 1. The van der Waals surface area contributed by atoms with Crippen LogP contribution in [0.15, 0.2) is 48.5 Å². The molecule has 0 unspecified atom stereocenters. The zero-order valence-corrected chi connectivity index (χ0v) is 17.1. The maximum atomic E-state index is 12.0. The summed E-state index contributed by atoms with van der Waals surface area (Å²) in [4.78, 5) is 35.7. The summed E-state index contributed by atoms with van der Waals surface area (Å²) in [6, 6.07) is 11.5. The highest BCUT2D eigenvalue weighted by Gasteiger charge is 2.13. The van der Waals surface area contributed by atoms with Gasteiger partial charge in [0, 0.05) is 11.8 Å². The summed E-state index contributed by atoms with van der Waals surface area (Å²) < 4.78 is 20.6. The van der Waals surface area contributed by atoms with Crippen molar-refractivity contribution in [2.24, 2.45) is 0 Å². The van der Waals surface area contributed by atoms with Gasteiger partial charge in [0.1, 0.15) is 0 Å². The molecule has 0 radical (unpaired) electrons. The van der Waals surface area contributed by atoms with E-state index in [0.29, 0.717) is 29.4 Å². The number of unbranched alkanes of at least 4 members (excludes halogenated alkanes) is 1. The third kappa shape index (κ3) is 6.60. The third-order valence-corrected chi connectivity index (χ3v) is 4.29. The zero-order valence-electron chi connectivity index (χ0n) is 17.1. The van der Waals surface area contributed by atoms with Crippen molar-refractivity contribution in [1.82, 2.24) is 0 Å². The second-order valence-electron chi connectivity index (χ2n) is 6.67. The molecule has 0 fully saturated rings. The van der Waals surface area contributed by atoms with Gasteiger partial charge in [-0.1, -0.05) is 19.4 Å². The van der Waals surface area contributed by atoms with E-state index in [2.05, 4.69) is 5.32 Å². The van der Waals surface area contributed by atoms with Crippen LogP contribution in [0, 0.1) is 0 Å². The Morgan fingerprint density at radius 3 is 2.58 bits per heavy atom. The molecule has 0 aromatic heterocycles. The number of nitrogens with one attached hydrogen (secondary N) is 1. The molecule has 8 nitrogen and oxygen atoms in total. The fraction of sp³-hybridized carbons (Fsp3) is 0.261. The van der Waals surface area contributed by atoms with Gasteiger partial charge in [0.25, 0.3) is 5.91 Å². The maximum Gasteiger partial charge on any atom is 0.338 e. The van der Waals surface area contributed by atoms with E-state index in [0.717, 1.165) is 18.4 Å². The molecule has 0 bridgehead atoms. The zero-order chi connectivity index (χ0) is 22.1. The molecule has 1 aliphatic heterocycles. The first-order valence-corrected chi connectivity index (χ1v) is 9.86. The van der Waals surface area contributed by atoms with E-state index in [9.17, 15) is 14.4 Å². The number of carbonyl (C=O) groups excluding carboxylic acids is 3. The van der Waals surface area contributed by atoms with Crippen LogP contribution in [0.2, 0.25) is 0 Å². The minimum Gasteiger partial charge on any atom is -0.462 e. The average molecular weight is 425 g/mol. The quantitative estimate of drug-likeness (QED) is 0.372. The van der Waals surface area contributed by atoms with Gasteiger partial charge in [0.15, 0.2) is 18.1 Å². The minimum atomic E-state index is -0.655. The van der Waals surface area contributed by atoms with Crippen LogP contribution in [0.25, 0.3) is 6.08 Å². The second-order valence-corrected chi connectivity index (χ2v) is 6.67. The summed E-state index contributed by atoms with van der Waals surface area (Å²) in [5, 5.41) is 2.59. The highest BCUT2D eigenvalue weighted by atomic mass is 16.7. The molecule has 8 heteroatoms. The van der Waals surface area contributed by atoms with E-state index in [4.69, 9.17) is 18.9 Å². The van der Waals surface area contributed by atoms with Crippen molar-refractivity contribution in [1.29, 1.82) is 0 Å². The van der Waals surface area contributed by atoms with Gasteiger partial charge in [-0.2, -0.15) is 0 Å². The van der Waals surface area contributed by atoms with Crippen LogP contribution in [0.3, 0.4) is 0 Å². The predicted molar refractivity (Wildman–Crippen MR) is 113 cm³/mol. The summed E-state index contributed by atoms with van der Waals surface area (Å²) in [6.45, 7) is 2.12. The lowest BCUT2D eigenvalue weighted by Gasteiger charge is -2.07. The predicted octanol–water partition coefficient (Wildman–Crippen LogP) is 3.57. The number of amides is 1. The maximum absolute atomic E-state index is 12.0. The van der Waals surface area contributed by atoms with Crippen molar-refractivity contribution < 1.29 is 33.3 Å². The fourth-order valence-electron chi connectivity index (χ4n) is 2.65. The van der Waals surface area contributed by atoms with Gasteiger partial charge in [0.2, 0.25) is 6.79 Å². The molecule has 0 saturated heterocycles. The van der Waals surface area contributed by atoms with Crippen molar-refractivity contribution in [2.45, 2.75) is 19.8 Å². The Bertz CT molecular complexity index is 966. The second kappa shape index (κ2) is 10.8. The lowest BCUT2D eigenvalue weighted by Crippen LogP contribution is -2.20. The number of anilines is 1. The number of ether oxygens (including phenoxy) is 4. The molecule has 2 aromatic rings. The van der Waals surface area contributed by atoms with E-state index in [1.165, 1.54) is 6.08 Å². The molecular formula is C23H23NO7.